The molecule has 0 atom stereocenters. The van der Waals surface area contributed by atoms with Gasteiger partial charge in [-0.25, -0.2) is 0 Å². The van der Waals surface area contributed by atoms with Gasteiger partial charge in [-0.3, -0.25) is 0 Å². The fourth-order valence-corrected chi connectivity index (χ4v) is 1.65. The second-order valence-electron chi connectivity index (χ2n) is 3.40. The van der Waals surface area contributed by atoms with Crippen LogP contribution >= 0.6 is 12.2 Å². The Hall–Kier alpha value is -1.86. The lowest BCUT2D eigenvalue weighted by Crippen LogP contribution is -2.11. The van der Waals surface area contributed by atoms with Crippen molar-refractivity contribution in [2.45, 2.75) is 20.3 Å². The first-order valence-electron chi connectivity index (χ1n) is 5.76. The lowest BCUT2D eigenvalue weighted by atomic mass is 10.2. The average molecular weight is 261 g/mol. The zero-order valence-electron chi connectivity index (χ0n) is 10.5. The Morgan fingerprint density at radius 2 is 1.94 bits per heavy atom. The third-order valence-corrected chi connectivity index (χ3v) is 2.48. The van der Waals surface area contributed by atoms with Crippen molar-refractivity contribution in [1.82, 2.24) is 0 Å². The Morgan fingerprint density at radius 1 is 1.28 bits per heavy atom. The molecule has 0 amide bonds. The van der Waals surface area contributed by atoms with Crippen LogP contribution in [0.25, 0.3) is 0 Å². The summed E-state index contributed by atoms with van der Waals surface area (Å²) in [6.07, 6.45) is 0.606. The summed E-state index contributed by atoms with van der Waals surface area (Å²) in [5.74, 6) is 1.18. The van der Waals surface area contributed by atoms with Crippen LogP contribution in [0, 0.1) is 11.3 Å². The Balaban J connectivity index is 2.90. The van der Waals surface area contributed by atoms with E-state index in [1.807, 2.05) is 38.1 Å². The van der Waals surface area contributed by atoms with Gasteiger partial charge in [0.2, 0.25) is 5.05 Å². The van der Waals surface area contributed by atoms with E-state index >= 15 is 0 Å². The highest BCUT2D eigenvalue weighted by atomic mass is 32.1. The van der Waals surface area contributed by atoms with E-state index in [4.69, 9.17) is 27.0 Å². The second-order valence-corrected chi connectivity index (χ2v) is 3.77. The van der Waals surface area contributed by atoms with Crippen LogP contribution in [-0.4, -0.2) is 11.7 Å². The van der Waals surface area contributed by atoms with E-state index in [0.29, 0.717) is 30.1 Å². The third kappa shape index (κ3) is 3.86. The topological polar surface area (TPSA) is 42.2 Å². The van der Waals surface area contributed by atoms with Crippen LogP contribution in [0.2, 0.25) is 0 Å². The van der Waals surface area contributed by atoms with Crippen molar-refractivity contribution in [3.63, 3.8) is 0 Å². The first kappa shape index (κ1) is 14.2. The van der Waals surface area contributed by atoms with Crippen molar-refractivity contribution in [3.8, 4) is 11.8 Å². The van der Waals surface area contributed by atoms with Crippen LogP contribution in [0.1, 0.15) is 20.3 Å². The Labute approximate surface area is 113 Å². The summed E-state index contributed by atoms with van der Waals surface area (Å²) in [6, 6.07) is 11.2. The minimum atomic E-state index is 0.147. The molecule has 0 unspecified atom stereocenters. The summed E-state index contributed by atoms with van der Waals surface area (Å²) in [5.41, 5.74) is 0.290. The van der Waals surface area contributed by atoms with Crippen molar-refractivity contribution in [2.75, 3.05) is 6.61 Å². The fourth-order valence-electron chi connectivity index (χ4n) is 1.39. The predicted octanol–water partition coefficient (Wildman–Crippen LogP) is 3.62. The number of rotatable bonds is 5. The summed E-state index contributed by atoms with van der Waals surface area (Å²) >= 11 is 5.13. The van der Waals surface area contributed by atoms with Gasteiger partial charge in [0.1, 0.15) is 23.2 Å². The molecule has 1 aromatic rings. The van der Waals surface area contributed by atoms with E-state index in [1.165, 1.54) is 0 Å². The SMILES string of the molecule is CCOC(CC)=C(C#N)C(=S)Oc1ccccc1. The molecule has 0 aliphatic carbocycles. The van der Waals surface area contributed by atoms with Crippen LogP contribution in [-0.2, 0) is 4.74 Å². The molecule has 4 heteroatoms. The molecule has 94 valence electrons. The minimum absolute atomic E-state index is 0.147. The van der Waals surface area contributed by atoms with E-state index in [-0.39, 0.29) is 5.05 Å². The largest absolute Gasteiger partial charge is 0.497 e. The van der Waals surface area contributed by atoms with Crippen molar-refractivity contribution in [1.29, 1.82) is 5.26 Å². The van der Waals surface area contributed by atoms with Crippen LogP contribution in [0.3, 0.4) is 0 Å². The maximum atomic E-state index is 9.15. The van der Waals surface area contributed by atoms with Crippen molar-refractivity contribution in [3.05, 3.63) is 41.7 Å². The number of benzene rings is 1. The monoisotopic (exact) mass is 261 g/mol. The average Bonchev–Trinajstić information content (AvgIpc) is 2.39. The molecular formula is C14H15NO2S. The molecule has 0 aliphatic heterocycles. The molecule has 0 aromatic heterocycles. The van der Waals surface area contributed by atoms with Crippen molar-refractivity contribution in [2.24, 2.45) is 0 Å². The van der Waals surface area contributed by atoms with Gasteiger partial charge in [0.05, 0.1) is 6.61 Å². The molecule has 0 aliphatic rings. The molecular weight excluding hydrogens is 246 g/mol. The quantitative estimate of drug-likeness (QED) is 0.351. The number of hydrogen-bond donors (Lipinski definition) is 0. The normalized spacial score (nSPS) is 11.2. The number of hydrogen-bond acceptors (Lipinski definition) is 4. The van der Waals surface area contributed by atoms with E-state index in [9.17, 15) is 0 Å². The molecule has 0 radical (unpaired) electrons. The van der Waals surface area contributed by atoms with Gasteiger partial charge in [-0.2, -0.15) is 5.26 Å². The lowest BCUT2D eigenvalue weighted by molar-refractivity contribution is 0.219. The van der Waals surface area contributed by atoms with Gasteiger partial charge in [0.25, 0.3) is 0 Å². The molecule has 18 heavy (non-hydrogen) atoms. The Morgan fingerprint density at radius 3 is 2.44 bits per heavy atom. The third-order valence-electron chi connectivity index (χ3n) is 2.19. The lowest BCUT2D eigenvalue weighted by Gasteiger charge is -2.11. The van der Waals surface area contributed by atoms with Gasteiger partial charge < -0.3 is 9.47 Å². The van der Waals surface area contributed by atoms with Crippen LogP contribution in [0.15, 0.2) is 41.7 Å². The van der Waals surface area contributed by atoms with Crippen LogP contribution in [0.4, 0.5) is 0 Å². The molecule has 0 bridgehead atoms. The van der Waals surface area contributed by atoms with Gasteiger partial charge in [-0.05, 0) is 31.3 Å². The summed E-state index contributed by atoms with van der Waals surface area (Å²) in [5, 5.41) is 9.29. The molecule has 0 spiro atoms. The summed E-state index contributed by atoms with van der Waals surface area (Å²) in [6.45, 7) is 4.28. The molecule has 3 nitrogen and oxygen atoms in total. The van der Waals surface area contributed by atoms with E-state index < -0.39 is 0 Å². The number of allylic oxidation sites excluding steroid dienone is 1. The van der Waals surface area contributed by atoms with Gasteiger partial charge in [0, 0.05) is 6.42 Å². The van der Waals surface area contributed by atoms with E-state index in [2.05, 4.69) is 0 Å². The highest BCUT2D eigenvalue weighted by Crippen LogP contribution is 2.16. The molecule has 0 saturated carbocycles. The number of nitriles is 1. The first-order valence-corrected chi connectivity index (χ1v) is 6.17. The Kier molecular flexibility index (Phi) is 5.89. The predicted molar refractivity (Wildman–Crippen MR) is 74.2 cm³/mol. The van der Waals surface area contributed by atoms with Crippen molar-refractivity contribution >= 4 is 17.3 Å². The maximum Gasteiger partial charge on any atom is 0.212 e. The zero-order chi connectivity index (χ0) is 13.4. The van der Waals surface area contributed by atoms with E-state index in [1.54, 1.807) is 12.1 Å². The van der Waals surface area contributed by atoms with E-state index in [0.717, 1.165) is 0 Å². The zero-order valence-corrected chi connectivity index (χ0v) is 11.3. The highest BCUT2D eigenvalue weighted by Gasteiger charge is 2.14. The van der Waals surface area contributed by atoms with Gasteiger partial charge in [-0.15, -0.1) is 0 Å². The van der Waals surface area contributed by atoms with Gasteiger partial charge >= 0.3 is 0 Å². The molecule has 0 N–H and O–H groups in total. The smallest absolute Gasteiger partial charge is 0.212 e. The summed E-state index contributed by atoms with van der Waals surface area (Å²) in [4.78, 5) is 0. The maximum absolute atomic E-state index is 9.15. The standard InChI is InChI=1S/C14H15NO2S/c1-3-13(16-4-2)12(10-15)14(18)17-11-8-6-5-7-9-11/h5-9H,3-4H2,1-2H3. The molecule has 1 rings (SSSR count). The number of ether oxygens (including phenoxy) is 2. The van der Waals surface area contributed by atoms with Gasteiger partial charge in [-0.1, -0.05) is 25.1 Å². The highest BCUT2D eigenvalue weighted by molar-refractivity contribution is 7.80. The fraction of sp³-hybridized carbons (Fsp3) is 0.286. The van der Waals surface area contributed by atoms with Crippen LogP contribution < -0.4 is 4.74 Å². The second kappa shape index (κ2) is 7.46. The van der Waals surface area contributed by atoms with Crippen LogP contribution in [0.5, 0.6) is 5.75 Å². The summed E-state index contributed by atoms with van der Waals surface area (Å²) in [7, 11) is 0. The first-order chi connectivity index (χ1) is 8.72. The minimum Gasteiger partial charge on any atom is -0.497 e. The number of nitrogens with zero attached hydrogens (tertiary/aromatic N) is 1. The Bertz CT molecular complexity index is 474. The molecule has 1 aromatic carbocycles. The number of para-hydroxylation sites is 1. The summed E-state index contributed by atoms with van der Waals surface area (Å²) < 4.78 is 10.9. The molecule has 0 saturated heterocycles. The number of thiocarbonyl (C=S) groups is 1. The molecule has 0 heterocycles. The molecule has 0 fully saturated rings. The van der Waals surface area contributed by atoms with Gasteiger partial charge in [0.15, 0.2) is 0 Å². The van der Waals surface area contributed by atoms with Crippen molar-refractivity contribution < 1.29 is 9.47 Å².